The Bertz CT molecular complexity index is 1740. The van der Waals surface area contributed by atoms with Crippen LogP contribution < -0.4 is 20.7 Å². The zero-order chi connectivity index (χ0) is 28.1. The number of rotatable bonds is 7. The van der Waals surface area contributed by atoms with Gasteiger partial charge in [0.1, 0.15) is 22.5 Å². The van der Waals surface area contributed by atoms with E-state index < -0.39 is 17.7 Å². The fourth-order valence-electron chi connectivity index (χ4n) is 5.41. The third kappa shape index (κ3) is 4.59. The molecule has 2 saturated heterocycles. The van der Waals surface area contributed by atoms with E-state index in [9.17, 15) is 13.6 Å². The summed E-state index contributed by atoms with van der Waals surface area (Å²) < 4.78 is 43.7. The van der Waals surface area contributed by atoms with Crippen LogP contribution in [0.4, 0.5) is 20.4 Å². The van der Waals surface area contributed by atoms with Crippen molar-refractivity contribution in [2.75, 3.05) is 49.9 Å². The van der Waals surface area contributed by atoms with Crippen molar-refractivity contribution in [2.24, 2.45) is 0 Å². The molecule has 0 bridgehead atoms. The summed E-state index contributed by atoms with van der Waals surface area (Å²) in [5.74, 6) is -1.01. The summed E-state index contributed by atoms with van der Waals surface area (Å²) in [7, 11) is 0. The molecule has 0 saturated carbocycles. The molecule has 1 amide bonds. The number of amides is 1. The van der Waals surface area contributed by atoms with Gasteiger partial charge in [-0.05, 0) is 18.2 Å². The molecule has 3 N–H and O–H groups in total. The van der Waals surface area contributed by atoms with Crippen LogP contribution >= 0.6 is 0 Å². The minimum Gasteiger partial charge on any atom is -0.477 e. The van der Waals surface area contributed by atoms with Crippen molar-refractivity contribution in [1.82, 2.24) is 34.4 Å². The van der Waals surface area contributed by atoms with Crippen LogP contribution in [0.3, 0.4) is 0 Å². The van der Waals surface area contributed by atoms with Crippen molar-refractivity contribution < 1.29 is 22.7 Å². The number of hydrogen-bond acceptors (Lipinski definition) is 9. The Morgan fingerprint density at radius 3 is 2.73 bits per heavy atom. The molecule has 7 rings (SSSR count). The summed E-state index contributed by atoms with van der Waals surface area (Å²) in [6, 6.07) is 7.68. The summed E-state index contributed by atoms with van der Waals surface area (Å²) in [6.45, 7) is 4.28. The third-order valence-electron chi connectivity index (χ3n) is 7.61. The van der Waals surface area contributed by atoms with Gasteiger partial charge in [-0.1, -0.05) is 0 Å². The van der Waals surface area contributed by atoms with Crippen molar-refractivity contribution >= 4 is 34.2 Å². The number of aromatic nitrogens is 5. The molecule has 14 heteroatoms. The van der Waals surface area contributed by atoms with Gasteiger partial charge in [-0.25, -0.2) is 13.8 Å². The Morgan fingerprint density at radius 2 is 1.98 bits per heavy atom. The van der Waals surface area contributed by atoms with E-state index in [0.29, 0.717) is 68.3 Å². The largest absolute Gasteiger partial charge is 0.477 e. The van der Waals surface area contributed by atoms with Crippen LogP contribution in [0.15, 0.2) is 47.3 Å². The maximum atomic E-state index is 14.7. The molecular weight excluding hydrogens is 536 g/mol. The second-order valence-corrected chi connectivity index (χ2v) is 10.1. The number of furan rings is 1. The van der Waals surface area contributed by atoms with E-state index in [1.54, 1.807) is 23.2 Å². The van der Waals surface area contributed by atoms with Crippen LogP contribution in [0.1, 0.15) is 6.42 Å². The summed E-state index contributed by atoms with van der Waals surface area (Å²) in [4.78, 5) is 25.1. The van der Waals surface area contributed by atoms with Crippen molar-refractivity contribution in [1.29, 1.82) is 0 Å². The van der Waals surface area contributed by atoms with E-state index in [4.69, 9.17) is 14.9 Å². The van der Waals surface area contributed by atoms with Gasteiger partial charge in [0.25, 0.3) is 5.91 Å². The molecule has 4 aromatic heterocycles. The molecule has 0 radical (unpaired) electrons. The van der Waals surface area contributed by atoms with Crippen molar-refractivity contribution in [3.05, 3.63) is 54.6 Å². The number of nitrogens with one attached hydrogen (secondary N) is 1. The summed E-state index contributed by atoms with van der Waals surface area (Å²) >= 11 is 0. The smallest absolute Gasteiger partial charge is 0.261 e. The minimum absolute atomic E-state index is 0.117. The lowest BCUT2D eigenvalue weighted by Crippen LogP contribution is -2.47. The zero-order valence-corrected chi connectivity index (χ0v) is 22.0. The van der Waals surface area contributed by atoms with Crippen LogP contribution in [0.25, 0.3) is 28.1 Å². The predicted octanol–water partition coefficient (Wildman–Crippen LogP) is 2.29. The monoisotopic (exact) mass is 563 g/mol. The lowest BCUT2D eigenvalue weighted by Gasteiger charge is -2.36. The predicted molar refractivity (Wildman–Crippen MR) is 145 cm³/mol. The number of carbonyl (C=O) groups is 1. The van der Waals surface area contributed by atoms with Gasteiger partial charge in [0.05, 0.1) is 18.3 Å². The molecule has 2 aliphatic rings. The molecule has 2 fully saturated rings. The first kappa shape index (κ1) is 25.3. The van der Waals surface area contributed by atoms with Gasteiger partial charge in [0, 0.05) is 64.4 Å². The number of anilines is 2. The fraction of sp³-hybridized carbons (Fsp3) is 0.333. The van der Waals surface area contributed by atoms with Crippen LogP contribution in [-0.2, 0) is 11.3 Å². The van der Waals surface area contributed by atoms with E-state index in [1.807, 2.05) is 21.6 Å². The third-order valence-corrected chi connectivity index (χ3v) is 7.61. The van der Waals surface area contributed by atoms with E-state index in [1.165, 1.54) is 6.07 Å². The number of piperazine rings is 1. The average Bonchev–Trinajstić information content (AvgIpc) is 3.77. The number of imidazole rings is 1. The normalized spacial score (nSPS) is 18.0. The molecule has 1 atom stereocenters. The van der Waals surface area contributed by atoms with E-state index in [0.717, 1.165) is 18.1 Å². The topological polar surface area (TPSA) is 132 Å². The highest BCUT2D eigenvalue weighted by Crippen LogP contribution is 2.31. The van der Waals surface area contributed by atoms with Crippen molar-refractivity contribution in [2.45, 2.75) is 19.1 Å². The highest BCUT2D eigenvalue weighted by molar-refractivity contribution is 5.90. The number of ether oxygens (including phenoxy) is 1. The SMILES string of the molecule is Nc1nc2c(ncn2CCN2CCN(c3cc(O[C@@H]4CCNC4=O)c(F)cc3F)CC2)c2cc(-c3ccco3)nn12. The molecule has 0 aliphatic carbocycles. The number of nitrogens with two attached hydrogens (primary N) is 1. The van der Waals surface area contributed by atoms with Gasteiger partial charge in [-0.2, -0.15) is 14.6 Å². The number of hydrogen-bond donors (Lipinski definition) is 2. The van der Waals surface area contributed by atoms with Gasteiger partial charge in [0.15, 0.2) is 29.1 Å². The molecule has 6 heterocycles. The molecule has 212 valence electrons. The van der Waals surface area contributed by atoms with Crippen molar-refractivity contribution in [3.63, 3.8) is 0 Å². The molecule has 2 aliphatic heterocycles. The molecule has 0 unspecified atom stereocenters. The summed E-state index contributed by atoms with van der Waals surface area (Å²) in [6.07, 6.45) is 3.00. The maximum Gasteiger partial charge on any atom is 0.261 e. The van der Waals surface area contributed by atoms with Gasteiger partial charge in [-0.3, -0.25) is 9.69 Å². The average molecular weight is 564 g/mol. The lowest BCUT2D eigenvalue weighted by atomic mass is 10.2. The Labute approximate surface area is 232 Å². The van der Waals surface area contributed by atoms with Gasteiger partial charge >= 0.3 is 0 Å². The Kier molecular flexibility index (Phi) is 6.18. The first-order valence-electron chi connectivity index (χ1n) is 13.4. The molecule has 0 spiro atoms. The highest BCUT2D eigenvalue weighted by Gasteiger charge is 2.28. The first-order valence-corrected chi connectivity index (χ1v) is 13.4. The molecule has 41 heavy (non-hydrogen) atoms. The number of nitrogens with zero attached hydrogens (tertiary/aromatic N) is 7. The first-order chi connectivity index (χ1) is 19.9. The molecule has 12 nitrogen and oxygen atoms in total. The van der Waals surface area contributed by atoms with E-state index >= 15 is 0 Å². The molecular formula is C27H27F2N9O3. The van der Waals surface area contributed by atoms with E-state index in [-0.39, 0.29) is 23.3 Å². The quantitative estimate of drug-likeness (QED) is 0.306. The van der Waals surface area contributed by atoms with Crippen LogP contribution in [0.2, 0.25) is 0 Å². The lowest BCUT2D eigenvalue weighted by molar-refractivity contribution is -0.125. The van der Waals surface area contributed by atoms with Crippen LogP contribution in [0.5, 0.6) is 5.75 Å². The van der Waals surface area contributed by atoms with Crippen LogP contribution in [-0.4, -0.2) is 80.3 Å². The van der Waals surface area contributed by atoms with Crippen LogP contribution in [0, 0.1) is 11.6 Å². The number of nitrogen functional groups attached to an aromatic ring is 1. The Hall–Kier alpha value is -4.72. The maximum absolute atomic E-state index is 14.7. The van der Waals surface area contributed by atoms with E-state index in [2.05, 4.69) is 25.3 Å². The number of halogens is 2. The Morgan fingerprint density at radius 1 is 1.12 bits per heavy atom. The van der Waals surface area contributed by atoms with Crippen molar-refractivity contribution in [3.8, 4) is 17.2 Å². The standard InChI is InChI=1S/C27H27F2N9O3/c28-16-12-17(29)23(41-22-3-4-31-26(22)39)14-19(16)36-8-5-35(6-9-36)7-10-37-15-32-24-20-13-18(21-2-1-11-40-21)34-38(20)27(30)33-25(24)37/h1-2,11-15,22H,3-10H2,(H2,30,33)(H,31,39)/t22-/m1/s1. The number of benzene rings is 1. The number of fused-ring (bicyclic) bond motifs is 3. The highest BCUT2D eigenvalue weighted by atomic mass is 19.1. The zero-order valence-electron chi connectivity index (χ0n) is 22.0. The fourth-order valence-corrected chi connectivity index (χ4v) is 5.41. The second kappa shape index (κ2) is 10.0. The summed E-state index contributed by atoms with van der Waals surface area (Å²) in [5.41, 5.74) is 9.23. The molecule has 5 aromatic rings. The van der Waals surface area contributed by atoms with Gasteiger partial charge in [0.2, 0.25) is 5.95 Å². The second-order valence-electron chi connectivity index (χ2n) is 10.1. The van der Waals surface area contributed by atoms with Gasteiger partial charge < -0.3 is 29.7 Å². The number of carbonyl (C=O) groups excluding carboxylic acids is 1. The minimum atomic E-state index is -0.822. The Balaban J connectivity index is 1.02. The summed E-state index contributed by atoms with van der Waals surface area (Å²) in [5, 5.41) is 7.16. The van der Waals surface area contributed by atoms with Gasteiger partial charge in [-0.15, -0.1) is 0 Å². The molecule has 1 aromatic carbocycles.